The van der Waals surface area contributed by atoms with Gasteiger partial charge in [0.1, 0.15) is 5.52 Å². The van der Waals surface area contributed by atoms with Gasteiger partial charge in [-0.2, -0.15) is 0 Å². The molecule has 2 aromatic rings. The maximum Gasteiger partial charge on any atom is 0.195 e. The molecule has 0 bridgehead atoms. The van der Waals surface area contributed by atoms with Crippen molar-refractivity contribution in [2.75, 3.05) is 7.11 Å². The van der Waals surface area contributed by atoms with Crippen LogP contribution in [0.5, 0.6) is 5.75 Å². The summed E-state index contributed by atoms with van der Waals surface area (Å²) >= 11 is 0. The highest BCUT2D eigenvalue weighted by molar-refractivity contribution is 5.77. The van der Waals surface area contributed by atoms with Gasteiger partial charge in [0.15, 0.2) is 17.4 Å². The first-order valence-electron chi connectivity index (χ1n) is 3.59. The van der Waals surface area contributed by atoms with E-state index in [4.69, 9.17) is 0 Å². The fourth-order valence-corrected chi connectivity index (χ4v) is 1.18. The number of imidazole rings is 1. The lowest BCUT2D eigenvalue weighted by Crippen LogP contribution is -1.93. The Kier molecular flexibility index (Phi) is 1.65. The molecule has 1 heterocycles. The summed E-state index contributed by atoms with van der Waals surface area (Å²) in [6, 6.07) is 1.14. The maximum atomic E-state index is 13.3. The molecule has 1 aromatic heterocycles. The molecule has 0 unspecified atom stereocenters. The first-order chi connectivity index (χ1) is 6.24. The number of methoxy groups -OCH3 is 1. The van der Waals surface area contributed by atoms with Crippen molar-refractivity contribution >= 4 is 11.0 Å². The molecule has 0 saturated heterocycles. The average Bonchev–Trinajstić information content (AvgIpc) is 2.53. The predicted molar refractivity (Wildman–Crippen MR) is 42.6 cm³/mol. The molecule has 3 nitrogen and oxygen atoms in total. The molecule has 0 aliphatic heterocycles. The molecular weight excluding hydrogens is 178 g/mol. The molecule has 0 atom stereocenters. The highest BCUT2D eigenvalue weighted by Gasteiger charge is 2.15. The van der Waals surface area contributed by atoms with E-state index in [-0.39, 0.29) is 5.52 Å². The van der Waals surface area contributed by atoms with Crippen molar-refractivity contribution in [1.82, 2.24) is 9.97 Å². The van der Waals surface area contributed by atoms with Gasteiger partial charge in [-0.3, -0.25) is 0 Å². The number of benzene rings is 1. The van der Waals surface area contributed by atoms with Gasteiger partial charge in [0.05, 0.1) is 19.0 Å². The van der Waals surface area contributed by atoms with Crippen LogP contribution >= 0.6 is 0 Å². The predicted octanol–water partition coefficient (Wildman–Crippen LogP) is 1.85. The summed E-state index contributed by atoms with van der Waals surface area (Å²) in [6.07, 6.45) is 1.30. The van der Waals surface area contributed by atoms with Crippen LogP contribution in [-0.4, -0.2) is 17.1 Å². The highest BCUT2D eigenvalue weighted by Crippen LogP contribution is 2.27. The number of ether oxygens (including phenoxy) is 1. The Labute approximate surface area is 72.4 Å². The fourth-order valence-electron chi connectivity index (χ4n) is 1.18. The highest BCUT2D eigenvalue weighted by atomic mass is 19.1. The first-order valence-corrected chi connectivity index (χ1v) is 3.59. The Morgan fingerprint density at radius 2 is 2.23 bits per heavy atom. The third kappa shape index (κ3) is 1.04. The number of rotatable bonds is 1. The smallest absolute Gasteiger partial charge is 0.195 e. The SMILES string of the molecule is COc1c(F)cc2[nH]cnc2c1F. The zero-order chi connectivity index (χ0) is 9.42. The largest absolute Gasteiger partial charge is 0.491 e. The van der Waals surface area contributed by atoms with Gasteiger partial charge in [0.25, 0.3) is 0 Å². The van der Waals surface area contributed by atoms with E-state index in [0.29, 0.717) is 5.52 Å². The van der Waals surface area contributed by atoms with Gasteiger partial charge >= 0.3 is 0 Å². The van der Waals surface area contributed by atoms with Crippen LogP contribution in [0.25, 0.3) is 11.0 Å². The van der Waals surface area contributed by atoms with Crippen molar-refractivity contribution in [3.8, 4) is 5.75 Å². The first kappa shape index (κ1) is 7.97. The van der Waals surface area contributed by atoms with E-state index in [1.807, 2.05) is 0 Å². The van der Waals surface area contributed by atoms with E-state index in [1.54, 1.807) is 0 Å². The lowest BCUT2D eigenvalue weighted by Gasteiger charge is -2.02. The third-order valence-corrected chi connectivity index (χ3v) is 1.77. The topological polar surface area (TPSA) is 37.9 Å². The maximum absolute atomic E-state index is 13.3. The zero-order valence-electron chi connectivity index (χ0n) is 6.77. The molecule has 2 rings (SSSR count). The van der Waals surface area contributed by atoms with Crippen LogP contribution in [0.1, 0.15) is 0 Å². The number of hydrogen-bond donors (Lipinski definition) is 1. The lowest BCUT2D eigenvalue weighted by atomic mass is 10.2. The van der Waals surface area contributed by atoms with Gasteiger partial charge in [-0.05, 0) is 0 Å². The second kappa shape index (κ2) is 2.69. The monoisotopic (exact) mass is 184 g/mol. The van der Waals surface area contributed by atoms with E-state index < -0.39 is 17.4 Å². The van der Waals surface area contributed by atoms with Crippen LogP contribution in [0.4, 0.5) is 8.78 Å². The van der Waals surface area contributed by atoms with E-state index >= 15 is 0 Å². The molecular formula is C8H6F2N2O. The van der Waals surface area contributed by atoms with Gasteiger partial charge in [0, 0.05) is 6.07 Å². The summed E-state index contributed by atoms with van der Waals surface area (Å²) in [7, 11) is 1.21. The Balaban J connectivity index is 2.85. The van der Waals surface area contributed by atoms with Gasteiger partial charge in [0.2, 0.25) is 0 Å². The van der Waals surface area contributed by atoms with Crippen LogP contribution in [-0.2, 0) is 0 Å². The molecule has 1 N–H and O–H groups in total. The van der Waals surface area contributed by atoms with E-state index in [2.05, 4.69) is 14.7 Å². The van der Waals surface area contributed by atoms with Crippen molar-refractivity contribution in [2.45, 2.75) is 0 Å². The molecule has 0 saturated carbocycles. The summed E-state index contributed by atoms with van der Waals surface area (Å²) < 4.78 is 30.9. The van der Waals surface area contributed by atoms with E-state index in [9.17, 15) is 8.78 Å². The molecule has 0 radical (unpaired) electrons. The van der Waals surface area contributed by atoms with E-state index in [1.165, 1.54) is 13.4 Å². The lowest BCUT2D eigenvalue weighted by molar-refractivity contribution is 0.362. The quantitative estimate of drug-likeness (QED) is 0.734. The number of nitrogens with one attached hydrogen (secondary N) is 1. The molecule has 0 aliphatic carbocycles. The summed E-state index contributed by atoms with van der Waals surface area (Å²) in [6.45, 7) is 0. The summed E-state index contributed by atoms with van der Waals surface area (Å²) in [5.74, 6) is -1.92. The van der Waals surface area contributed by atoms with Gasteiger partial charge < -0.3 is 9.72 Å². The summed E-state index contributed by atoms with van der Waals surface area (Å²) in [5, 5.41) is 0. The normalized spacial score (nSPS) is 10.7. The van der Waals surface area contributed by atoms with Gasteiger partial charge in [-0.1, -0.05) is 0 Å². The number of fused-ring (bicyclic) bond motifs is 1. The molecule has 68 valence electrons. The van der Waals surface area contributed by atoms with Crippen molar-refractivity contribution in [2.24, 2.45) is 0 Å². The van der Waals surface area contributed by atoms with Gasteiger partial charge in [-0.15, -0.1) is 0 Å². The molecule has 13 heavy (non-hydrogen) atoms. The Bertz CT molecular complexity index is 453. The Morgan fingerprint density at radius 3 is 2.92 bits per heavy atom. The van der Waals surface area contributed by atoms with Crippen molar-refractivity contribution in [3.63, 3.8) is 0 Å². The molecule has 1 aromatic carbocycles. The fraction of sp³-hybridized carbons (Fsp3) is 0.125. The molecule has 0 amide bonds. The van der Waals surface area contributed by atoms with Crippen molar-refractivity contribution in [1.29, 1.82) is 0 Å². The Morgan fingerprint density at radius 1 is 1.46 bits per heavy atom. The van der Waals surface area contributed by atoms with Crippen LogP contribution in [0.3, 0.4) is 0 Å². The number of halogens is 2. The number of aromatic amines is 1. The van der Waals surface area contributed by atoms with E-state index in [0.717, 1.165) is 6.07 Å². The second-order valence-electron chi connectivity index (χ2n) is 2.50. The third-order valence-electron chi connectivity index (χ3n) is 1.77. The summed E-state index contributed by atoms with van der Waals surface area (Å²) in [4.78, 5) is 6.30. The van der Waals surface area contributed by atoms with Crippen LogP contribution in [0.2, 0.25) is 0 Å². The average molecular weight is 184 g/mol. The number of aromatic nitrogens is 2. The van der Waals surface area contributed by atoms with Crippen molar-refractivity contribution < 1.29 is 13.5 Å². The number of H-pyrrole nitrogens is 1. The molecule has 0 aliphatic rings. The molecule has 0 fully saturated rings. The standard InChI is InChI=1S/C8H6F2N2O/c1-13-8-4(9)2-5-7(6(8)10)12-3-11-5/h2-3H,1H3,(H,11,12). The Hall–Kier alpha value is -1.65. The van der Waals surface area contributed by atoms with Crippen molar-refractivity contribution in [3.05, 3.63) is 24.0 Å². The zero-order valence-corrected chi connectivity index (χ0v) is 6.77. The number of hydrogen-bond acceptors (Lipinski definition) is 2. The van der Waals surface area contributed by atoms with Gasteiger partial charge in [-0.25, -0.2) is 13.8 Å². The summed E-state index contributed by atoms with van der Waals surface area (Å²) in [5.41, 5.74) is 0.397. The number of nitrogens with zero attached hydrogens (tertiary/aromatic N) is 1. The van der Waals surface area contributed by atoms with Crippen LogP contribution in [0.15, 0.2) is 12.4 Å². The van der Waals surface area contributed by atoms with Crippen LogP contribution < -0.4 is 4.74 Å². The minimum Gasteiger partial charge on any atom is -0.491 e. The minimum absolute atomic E-state index is 0.0817. The second-order valence-corrected chi connectivity index (χ2v) is 2.50. The molecule has 5 heteroatoms. The minimum atomic E-state index is -0.779. The molecule has 0 spiro atoms. The van der Waals surface area contributed by atoms with Crippen LogP contribution in [0, 0.1) is 11.6 Å².